The van der Waals surface area contributed by atoms with Gasteiger partial charge >= 0.3 is 5.97 Å². The highest BCUT2D eigenvalue weighted by atomic mass is 16.6. The van der Waals surface area contributed by atoms with Gasteiger partial charge < -0.3 is 33.2 Å². The van der Waals surface area contributed by atoms with Crippen molar-refractivity contribution < 1.29 is 38.0 Å². The average molecular weight is 597 g/mol. The number of rotatable bonds is 33. The van der Waals surface area contributed by atoms with E-state index in [-0.39, 0.29) is 5.97 Å². The highest BCUT2D eigenvalue weighted by molar-refractivity contribution is 5.69. The first-order chi connectivity index (χ1) is 20.8. The van der Waals surface area contributed by atoms with Crippen LogP contribution in [0.3, 0.4) is 0 Å². The maximum Gasteiger partial charge on any atom is 0.305 e. The molecule has 1 aromatic rings. The van der Waals surface area contributed by atoms with Crippen LogP contribution in [0.2, 0.25) is 0 Å². The van der Waals surface area contributed by atoms with Crippen molar-refractivity contribution in [2.75, 3.05) is 79.3 Å². The molecule has 0 heterocycles. The van der Waals surface area contributed by atoms with Gasteiger partial charge in [-0.05, 0) is 18.6 Å². The second-order valence-electron chi connectivity index (χ2n) is 10.4. The lowest BCUT2D eigenvalue weighted by Gasteiger charge is -2.09. The molecule has 0 saturated carbocycles. The van der Waals surface area contributed by atoms with Gasteiger partial charge in [0.15, 0.2) is 0 Å². The third-order valence-electron chi connectivity index (χ3n) is 6.70. The predicted octanol–water partition coefficient (Wildman–Crippen LogP) is 7.17. The fraction of sp³-hybridized carbons (Fsp3) is 0.794. The minimum Gasteiger partial charge on any atom is -0.491 e. The SMILES string of the molecule is CCCCCCCCCCCCCCCC(=O)OCCOCCOCCOCCOCCOCCOc1ccccc1. The van der Waals surface area contributed by atoms with Crippen LogP contribution in [0.4, 0.5) is 0 Å². The van der Waals surface area contributed by atoms with Gasteiger partial charge in [-0.25, -0.2) is 0 Å². The maximum absolute atomic E-state index is 11.8. The van der Waals surface area contributed by atoms with Crippen molar-refractivity contribution in [3.63, 3.8) is 0 Å². The van der Waals surface area contributed by atoms with E-state index in [9.17, 15) is 4.79 Å². The average Bonchev–Trinajstić information content (AvgIpc) is 3.01. The van der Waals surface area contributed by atoms with E-state index in [0.29, 0.717) is 85.7 Å². The van der Waals surface area contributed by atoms with Crippen LogP contribution in [0.5, 0.6) is 5.75 Å². The summed E-state index contributed by atoms with van der Waals surface area (Å²) in [6, 6.07) is 9.68. The van der Waals surface area contributed by atoms with Gasteiger partial charge in [0.05, 0.1) is 66.1 Å². The van der Waals surface area contributed by atoms with E-state index >= 15 is 0 Å². The Bertz CT molecular complexity index is 673. The van der Waals surface area contributed by atoms with Crippen molar-refractivity contribution in [1.82, 2.24) is 0 Å². The Balaban J connectivity index is 1.67. The molecular formula is C34H60O8. The molecule has 0 fully saturated rings. The molecule has 0 aliphatic heterocycles. The summed E-state index contributed by atoms with van der Waals surface area (Å²) < 4.78 is 38.1. The lowest BCUT2D eigenvalue weighted by Crippen LogP contribution is -2.15. The molecule has 0 atom stereocenters. The number of unbranched alkanes of at least 4 members (excludes halogenated alkanes) is 12. The van der Waals surface area contributed by atoms with E-state index in [1.54, 1.807) is 0 Å². The third-order valence-corrected chi connectivity index (χ3v) is 6.70. The Kier molecular flexibility index (Phi) is 29.4. The Morgan fingerprint density at radius 2 is 0.857 bits per heavy atom. The number of ether oxygens (including phenoxy) is 7. The van der Waals surface area contributed by atoms with Gasteiger partial charge in [0, 0.05) is 6.42 Å². The van der Waals surface area contributed by atoms with Crippen LogP contribution in [0, 0.1) is 0 Å². The van der Waals surface area contributed by atoms with Gasteiger partial charge in [-0.3, -0.25) is 4.79 Å². The number of hydrogen-bond acceptors (Lipinski definition) is 8. The molecule has 0 amide bonds. The van der Waals surface area contributed by atoms with Gasteiger partial charge in [0.1, 0.15) is 19.0 Å². The van der Waals surface area contributed by atoms with E-state index in [0.717, 1.165) is 18.6 Å². The molecule has 0 radical (unpaired) electrons. The van der Waals surface area contributed by atoms with Crippen LogP contribution in [0.1, 0.15) is 96.8 Å². The van der Waals surface area contributed by atoms with Crippen molar-refractivity contribution in [2.24, 2.45) is 0 Å². The Labute approximate surface area is 256 Å². The summed E-state index contributed by atoms with van der Waals surface area (Å²) in [6.45, 7) is 8.06. The molecule has 1 rings (SSSR count). The predicted molar refractivity (Wildman–Crippen MR) is 167 cm³/mol. The third kappa shape index (κ3) is 28.4. The lowest BCUT2D eigenvalue weighted by atomic mass is 10.0. The van der Waals surface area contributed by atoms with Crippen LogP contribution >= 0.6 is 0 Å². The zero-order valence-corrected chi connectivity index (χ0v) is 26.5. The molecule has 0 bridgehead atoms. The zero-order valence-electron chi connectivity index (χ0n) is 26.5. The Hall–Kier alpha value is -1.71. The molecule has 0 N–H and O–H groups in total. The van der Waals surface area contributed by atoms with E-state index in [1.807, 2.05) is 30.3 Å². The second-order valence-corrected chi connectivity index (χ2v) is 10.4. The van der Waals surface area contributed by atoms with E-state index in [2.05, 4.69) is 6.92 Å². The summed E-state index contributed by atoms with van der Waals surface area (Å²) in [4.78, 5) is 11.8. The first-order valence-corrected chi connectivity index (χ1v) is 16.5. The largest absolute Gasteiger partial charge is 0.491 e. The van der Waals surface area contributed by atoms with Crippen LogP contribution in [0.15, 0.2) is 30.3 Å². The standard InChI is InChI=1S/C34H60O8/c1-2-3-4-5-6-7-8-9-10-11-12-13-17-20-34(35)42-32-30-40-28-26-38-24-22-36-21-23-37-25-27-39-29-31-41-33-18-15-14-16-19-33/h14-16,18-19H,2-13,17,20-32H2,1H3. The van der Waals surface area contributed by atoms with Gasteiger partial charge in [-0.15, -0.1) is 0 Å². The highest BCUT2D eigenvalue weighted by Gasteiger charge is 2.03. The van der Waals surface area contributed by atoms with Crippen LogP contribution in [-0.4, -0.2) is 85.3 Å². The molecular weight excluding hydrogens is 536 g/mol. The first-order valence-electron chi connectivity index (χ1n) is 16.5. The van der Waals surface area contributed by atoms with E-state index < -0.39 is 0 Å². The molecule has 0 aliphatic rings. The van der Waals surface area contributed by atoms with E-state index in [4.69, 9.17) is 33.2 Å². The number of carbonyl (C=O) groups excluding carboxylic acids is 1. The minimum atomic E-state index is -0.125. The first kappa shape index (κ1) is 38.3. The Morgan fingerprint density at radius 3 is 1.31 bits per heavy atom. The topological polar surface area (TPSA) is 81.7 Å². The van der Waals surface area contributed by atoms with Crippen molar-refractivity contribution in [2.45, 2.75) is 96.8 Å². The molecule has 0 aromatic heterocycles. The molecule has 1 aromatic carbocycles. The summed E-state index contributed by atoms with van der Waals surface area (Å²) in [7, 11) is 0. The summed E-state index contributed by atoms with van der Waals surface area (Å²) in [5.74, 6) is 0.721. The van der Waals surface area contributed by atoms with E-state index in [1.165, 1.54) is 70.6 Å². The Morgan fingerprint density at radius 1 is 0.476 bits per heavy atom. The molecule has 0 saturated heterocycles. The van der Waals surface area contributed by atoms with Gasteiger partial charge in [-0.2, -0.15) is 0 Å². The van der Waals surface area contributed by atoms with Gasteiger partial charge in [0.25, 0.3) is 0 Å². The van der Waals surface area contributed by atoms with Gasteiger partial charge in [0.2, 0.25) is 0 Å². The summed E-state index contributed by atoms with van der Waals surface area (Å²) >= 11 is 0. The molecule has 0 unspecified atom stereocenters. The molecule has 8 nitrogen and oxygen atoms in total. The summed E-state index contributed by atoms with van der Waals surface area (Å²) in [5, 5.41) is 0. The van der Waals surface area contributed by atoms with Crippen LogP contribution in [0.25, 0.3) is 0 Å². The van der Waals surface area contributed by atoms with Crippen molar-refractivity contribution >= 4 is 5.97 Å². The monoisotopic (exact) mass is 596 g/mol. The van der Waals surface area contributed by atoms with Crippen molar-refractivity contribution in [3.8, 4) is 5.75 Å². The van der Waals surface area contributed by atoms with Crippen molar-refractivity contribution in [3.05, 3.63) is 30.3 Å². The summed E-state index contributed by atoms with van der Waals surface area (Å²) in [6.07, 6.45) is 17.4. The zero-order chi connectivity index (χ0) is 30.0. The van der Waals surface area contributed by atoms with Crippen molar-refractivity contribution in [1.29, 1.82) is 0 Å². The number of benzene rings is 1. The molecule has 42 heavy (non-hydrogen) atoms. The van der Waals surface area contributed by atoms with Crippen LogP contribution < -0.4 is 4.74 Å². The number of carbonyl (C=O) groups is 1. The number of hydrogen-bond donors (Lipinski definition) is 0. The maximum atomic E-state index is 11.8. The number of esters is 1. The second kappa shape index (κ2) is 32.2. The molecule has 0 spiro atoms. The smallest absolute Gasteiger partial charge is 0.305 e. The fourth-order valence-electron chi connectivity index (χ4n) is 4.29. The normalized spacial score (nSPS) is 11.2. The number of para-hydroxylation sites is 1. The van der Waals surface area contributed by atoms with Crippen LogP contribution in [-0.2, 0) is 33.2 Å². The molecule has 244 valence electrons. The minimum absolute atomic E-state index is 0.125. The highest BCUT2D eigenvalue weighted by Crippen LogP contribution is 2.13. The van der Waals surface area contributed by atoms with Gasteiger partial charge in [-0.1, -0.05) is 102 Å². The molecule has 0 aliphatic carbocycles. The fourth-order valence-corrected chi connectivity index (χ4v) is 4.29. The lowest BCUT2D eigenvalue weighted by molar-refractivity contribution is -0.145. The molecule has 8 heteroatoms. The summed E-state index contributed by atoms with van der Waals surface area (Å²) in [5.41, 5.74) is 0. The quantitative estimate of drug-likeness (QED) is 0.0624.